The van der Waals surface area contributed by atoms with Gasteiger partial charge in [0, 0.05) is 6.54 Å². The average molecular weight is 316 g/mol. The predicted molar refractivity (Wildman–Crippen MR) is 68.7 cm³/mol. The number of nitrogens with one attached hydrogen (secondary N) is 1. The smallest absolute Gasteiger partial charge is 0.323 e. The molecule has 0 aliphatic carbocycles. The lowest BCUT2D eigenvalue weighted by molar-refractivity contribution is -0.143. The number of carbonyl (C=O) groups is 1. The standard InChI is InChI=1S/C12H14BrNO4/c1-17-11-9(15)4-6-3-8(12(16)18-2)14-5-7(6)10(11)13/h4,8,14-15H,3,5H2,1-2H3. The predicted octanol–water partition coefficient (Wildman–Crippen LogP) is 1.35. The molecule has 1 unspecified atom stereocenters. The molecule has 1 atom stereocenters. The molecule has 0 saturated heterocycles. The largest absolute Gasteiger partial charge is 0.504 e. The number of esters is 1. The van der Waals surface area contributed by atoms with E-state index in [4.69, 9.17) is 9.47 Å². The van der Waals surface area contributed by atoms with Gasteiger partial charge in [0.1, 0.15) is 6.04 Å². The maximum Gasteiger partial charge on any atom is 0.323 e. The van der Waals surface area contributed by atoms with Gasteiger partial charge in [-0.25, -0.2) is 0 Å². The number of carbonyl (C=O) groups excluding carboxylic acids is 1. The molecule has 98 valence electrons. The molecule has 1 aliphatic heterocycles. The molecule has 0 spiro atoms. The molecule has 1 aromatic carbocycles. The van der Waals surface area contributed by atoms with E-state index in [1.807, 2.05) is 0 Å². The summed E-state index contributed by atoms with van der Waals surface area (Å²) in [5.74, 6) is 0.174. The second-order valence-corrected chi connectivity index (χ2v) is 4.83. The zero-order valence-corrected chi connectivity index (χ0v) is 11.7. The maximum absolute atomic E-state index is 11.5. The Bertz CT molecular complexity index is 489. The monoisotopic (exact) mass is 315 g/mol. The molecule has 2 rings (SSSR count). The molecule has 0 fully saturated rings. The number of halogens is 1. The highest BCUT2D eigenvalue weighted by Crippen LogP contribution is 2.40. The number of ether oxygens (including phenoxy) is 2. The van der Waals surface area contributed by atoms with E-state index in [1.54, 1.807) is 6.07 Å². The number of methoxy groups -OCH3 is 2. The van der Waals surface area contributed by atoms with Gasteiger partial charge >= 0.3 is 5.97 Å². The molecular formula is C12H14BrNO4. The Labute approximate surface area is 113 Å². The van der Waals surface area contributed by atoms with Crippen LogP contribution in [0.1, 0.15) is 11.1 Å². The number of fused-ring (bicyclic) bond motifs is 1. The van der Waals surface area contributed by atoms with Crippen molar-refractivity contribution in [3.05, 3.63) is 21.7 Å². The van der Waals surface area contributed by atoms with Crippen molar-refractivity contribution in [1.29, 1.82) is 0 Å². The number of phenols is 1. The zero-order chi connectivity index (χ0) is 13.3. The lowest BCUT2D eigenvalue weighted by Crippen LogP contribution is -2.42. The van der Waals surface area contributed by atoms with Crippen molar-refractivity contribution >= 4 is 21.9 Å². The fourth-order valence-electron chi connectivity index (χ4n) is 2.10. The van der Waals surface area contributed by atoms with Gasteiger partial charge in [-0.15, -0.1) is 0 Å². The number of hydrogen-bond acceptors (Lipinski definition) is 5. The van der Waals surface area contributed by atoms with Crippen molar-refractivity contribution in [2.24, 2.45) is 0 Å². The van der Waals surface area contributed by atoms with E-state index in [0.717, 1.165) is 15.6 Å². The number of phenolic OH excluding ortho intramolecular Hbond substituents is 1. The van der Waals surface area contributed by atoms with Crippen LogP contribution in [0.4, 0.5) is 0 Å². The molecule has 0 aromatic heterocycles. The van der Waals surface area contributed by atoms with Crippen LogP contribution in [-0.4, -0.2) is 31.3 Å². The molecule has 18 heavy (non-hydrogen) atoms. The molecular weight excluding hydrogens is 302 g/mol. The Morgan fingerprint density at radius 2 is 2.28 bits per heavy atom. The van der Waals surface area contributed by atoms with Gasteiger partial charge in [-0.1, -0.05) is 0 Å². The summed E-state index contributed by atoms with van der Waals surface area (Å²) >= 11 is 3.41. The van der Waals surface area contributed by atoms with E-state index < -0.39 is 0 Å². The van der Waals surface area contributed by atoms with Crippen LogP contribution in [0, 0.1) is 0 Å². The Morgan fingerprint density at radius 3 is 2.89 bits per heavy atom. The van der Waals surface area contributed by atoms with Crippen LogP contribution in [0.5, 0.6) is 11.5 Å². The van der Waals surface area contributed by atoms with Crippen LogP contribution in [0.2, 0.25) is 0 Å². The Balaban J connectivity index is 2.37. The van der Waals surface area contributed by atoms with E-state index in [2.05, 4.69) is 21.2 Å². The minimum absolute atomic E-state index is 0.0636. The van der Waals surface area contributed by atoms with Crippen molar-refractivity contribution in [2.75, 3.05) is 14.2 Å². The first-order chi connectivity index (χ1) is 8.58. The zero-order valence-electron chi connectivity index (χ0n) is 10.1. The molecule has 0 radical (unpaired) electrons. The second kappa shape index (κ2) is 5.16. The van der Waals surface area contributed by atoms with Crippen LogP contribution in [0.3, 0.4) is 0 Å². The third-order valence-corrected chi connectivity index (χ3v) is 3.87. The molecule has 2 N–H and O–H groups in total. The number of hydrogen-bond donors (Lipinski definition) is 2. The summed E-state index contributed by atoms with van der Waals surface area (Å²) in [6.07, 6.45) is 0.484. The van der Waals surface area contributed by atoms with Crippen LogP contribution in [-0.2, 0) is 22.5 Å². The summed E-state index contributed by atoms with van der Waals surface area (Å²) < 4.78 is 10.5. The first-order valence-corrected chi connectivity index (χ1v) is 6.26. The lowest BCUT2D eigenvalue weighted by Gasteiger charge is -2.26. The normalized spacial score (nSPS) is 18.1. The highest BCUT2D eigenvalue weighted by molar-refractivity contribution is 9.10. The van der Waals surface area contributed by atoms with Crippen LogP contribution >= 0.6 is 15.9 Å². The van der Waals surface area contributed by atoms with Gasteiger partial charge < -0.3 is 14.6 Å². The van der Waals surface area contributed by atoms with Gasteiger partial charge in [-0.3, -0.25) is 10.1 Å². The van der Waals surface area contributed by atoms with Crippen molar-refractivity contribution in [1.82, 2.24) is 5.32 Å². The first kappa shape index (κ1) is 13.2. The van der Waals surface area contributed by atoms with Gasteiger partial charge in [0.25, 0.3) is 0 Å². The number of aromatic hydroxyl groups is 1. The van der Waals surface area contributed by atoms with E-state index >= 15 is 0 Å². The van der Waals surface area contributed by atoms with Crippen molar-refractivity contribution in [3.8, 4) is 11.5 Å². The fourth-order valence-corrected chi connectivity index (χ4v) is 2.86. The molecule has 0 saturated carbocycles. The average Bonchev–Trinajstić information content (AvgIpc) is 2.37. The quantitative estimate of drug-likeness (QED) is 0.806. The van der Waals surface area contributed by atoms with E-state index in [-0.39, 0.29) is 17.8 Å². The van der Waals surface area contributed by atoms with Gasteiger partial charge in [0.2, 0.25) is 0 Å². The number of rotatable bonds is 2. The van der Waals surface area contributed by atoms with Gasteiger partial charge in [0.15, 0.2) is 11.5 Å². The van der Waals surface area contributed by atoms with Crippen molar-refractivity contribution in [3.63, 3.8) is 0 Å². The molecule has 1 aliphatic rings. The molecule has 0 bridgehead atoms. The third-order valence-electron chi connectivity index (χ3n) is 3.03. The lowest BCUT2D eigenvalue weighted by atomic mass is 9.95. The summed E-state index contributed by atoms with van der Waals surface area (Å²) in [6.45, 7) is 0.520. The van der Waals surface area contributed by atoms with Crippen LogP contribution in [0.15, 0.2) is 10.5 Å². The first-order valence-electron chi connectivity index (χ1n) is 5.47. The summed E-state index contributed by atoms with van der Waals surface area (Å²) in [7, 11) is 2.86. The Kier molecular flexibility index (Phi) is 3.77. The van der Waals surface area contributed by atoms with Gasteiger partial charge in [0.05, 0.1) is 18.7 Å². The topological polar surface area (TPSA) is 67.8 Å². The Morgan fingerprint density at radius 1 is 1.56 bits per heavy atom. The van der Waals surface area contributed by atoms with Crippen molar-refractivity contribution < 1.29 is 19.4 Å². The molecule has 1 aromatic rings. The summed E-state index contributed by atoms with van der Waals surface area (Å²) in [4.78, 5) is 11.5. The Hall–Kier alpha value is -1.27. The van der Waals surface area contributed by atoms with E-state index in [0.29, 0.717) is 18.7 Å². The van der Waals surface area contributed by atoms with Gasteiger partial charge in [-0.2, -0.15) is 0 Å². The SMILES string of the molecule is COC(=O)C1Cc2cc(O)c(OC)c(Br)c2CN1. The van der Waals surface area contributed by atoms with Gasteiger partial charge in [-0.05, 0) is 39.5 Å². The highest BCUT2D eigenvalue weighted by atomic mass is 79.9. The number of benzene rings is 1. The maximum atomic E-state index is 11.5. The summed E-state index contributed by atoms with van der Waals surface area (Å²) in [5, 5.41) is 12.9. The fraction of sp³-hybridized carbons (Fsp3) is 0.417. The summed E-state index contributed by atoms with van der Waals surface area (Å²) in [5.41, 5.74) is 1.90. The highest BCUT2D eigenvalue weighted by Gasteiger charge is 2.28. The second-order valence-electron chi connectivity index (χ2n) is 4.04. The summed E-state index contributed by atoms with van der Waals surface area (Å²) in [6, 6.07) is 1.26. The van der Waals surface area contributed by atoms with Crippen molar-refractivity contribution in [2.45, 2.75) is 19.0 Å². The third kappa shape index (κ3) is 2.18. The molecule has 1 heterocycles. The van der Waals surface area contributed by atoms with E-state index in [9.17, 15) is 9.90 Å². The molecule has 5 nitrogen and oxygen atoms in total. The minimum atomic E-state index is -0.373. The van der Waals surface area contributed by atoms with Crippen LogP contribution in [0.25, 0.3) is 0 Å². The molecule has 6 heteroatoms. The molecule has 0 amide bonds. The van der Waals surface area contributed by atoms with E-state index in [1.165, 1.54) is 14.2 Å². The minimum Gasteiger partial charge on any atom is -0.504 e. The van der Waals surface area contributed by atoms with Crippen LogP contribution < -0.4 is 10.1 Å².